The van der Waals surface area contributed by atoms with Crippen LogP contribution in [0.4, 0.5) is 5.69 Å². The summed E-state index contributed by atoms with van der Waals surface area (Å²) in [5.74, 6) is -0.906. The number of hydrogen-bond acceptors (Lipinski definition) is 5. The van der Waals surface area contributed by atoms with Gasteiger partial charge in [0.15, 0.2) is 0 Å². The molecule has 0 unspecified atom stereocenters. The Kier molecular flexibility index (Phi) is 8.39. The molecule has 0 fully saturated rings. The maximum atomic E-state index is 12.5. The van der Waals surface area contributed by atoms with Crippen molar-refractivity contribution >= 4 is 51.9 Å². The third kappa shape index (κ3) is 6.57. The summed E-state index contributed by atoms with van der Waals surface area (Å²) < 4.78 is 6.47. The van der Waals surface area contributed by atoms with Crippen LogP contribution >= 0.6 is 0 Å². The highest BCUT2D eigenvalue weighted by Gasteiger charge is 2.24. The van der Waals surface area contributed by atoms with E-state index in [9.17, 15) is 19.2 Å². The first kappa shape index (κ1) is 25.2. The first-order valence-electron chi connectivity index (χ1n) is 11.1. The summed E-state index contributed by atoms with van der Waals surface area (Å²) in [4.78, 5) is 45.3. The van der Waals surface area contributed by atoms with Gasteiger partial charge in [0.1, 0.15) is 6.54 Å². The minimum absolute atomic E-state index is 0.138. The van der Waals surface area contributed by atoms with Gasteiger partial charge in [0.25, 0.3) is 5.91 Å². The first-order chi connectivity index (χ1) is 16.8. The smallest absolute Gasteiger partial charge is 0.305 e. The van der Waals surface area contributed by atoms with Crippen molar-refractivity contribution < 1.29 is 23.9 Å². The van der Waals surface area contributed by atoms with Crippen molar-refractivity contribution in [3.05, 3.63) is 65.9 Å². The van der Waals surface area contributed by atoms with Crippen molar-refractivity contribution in [2.24, 2.45) is 5.73 Å². The molecule has 182 valence electrons. The molecule has 0 spiro atoms. The van der Waals surface area contributed by atoms with Crippen molar-refractivity contribution in [3.63, 3.8) is 0 Å². The highest BCUT2D eigenvalue weighted by Crippen LogP contribution is 2.34. The number of anilines is 1. The number of carbonyl (C=O) groups excluding carboxylic acids is 4. The zero-order valence-electron chi connectivity index (χ0n) is 19.7. The van der Waals surface area contributed by atoms with Gasteiger partial charge in [0.2, 0.25) is 11.8 Å². The summed E-state index contributed by atoms with van der Waals surface area (Å²) in [7, 11) is 1.35. The number of nitrogens with two attached hydrogens (primary N) is 1. The number of esters is 1. The number of nitrogens with one attached hydrogen (secondary N) is 2. The number of fused-ring (bicyclic) bond motifs is 2. The maximum Gasteiger partial charge on any atom is 0.305 e. The lowest BCUT2D eigenvalue weighted by Crippen LogP contribution is -2.28. The average molecular weight is 477 g/mol. The lowest BCUT2D eigenvalue weighted by molar-refractivity contribution is -0.140. The molecule has 9 nitrogen and oxygen atoms in total. The number of para-hydroxylation sites is 2. The largest absolute Gasteiger partial charge is 0.469 e. The number of aromatic nitrogens is 1. The van der Waals surface area contributed by atoms with Crippen LogP contribution in [0.2, 0.25) is 0 Å². The van der Waals surface area contributed by atoms with Gasteiger partial charge in [-0.15, -0.1) is 0 Å². The van der Waals surface area contributed by atoms with Crippen molar-refractivity contribution in [2.75, 3.05) is 19.0 Å². The van der Waals surface area contributed by atoms with Gasteiger partial charge in [-0.2, -0.15) is 0 Å². The van der Waals surface area contributed by atoms with Gasteiger partial charge in [-0.3, -0.25) is 19.2 Å². The Hall–Kier alpha value is -4.40. The Morgan fingerprint density at radius 3 is 2.54 bits per heavy atom. The second-order valence-electron chi connectivity index (χ2n) is 7.93. The Morgan fingerprint density at radius 1 is 1.11 bits per heavy atom. The molecule has 4 N–H and O–H groups in total. The second-order valence-corrected chi connectivity index (χ2v) is 7.93. The average Bonchev–Trinajstić information content (AvgIpc) is 3.33. The summed E-state index contributed by atoms with van der Waals surface area (Å²) in [5.41, 5.74) is 8.52. The monoisotopic (exact) mass is 476 g/mol. The van der Waals surface area contributed by atoms with Crippen LogP contribution in [0.3, 0.4) is 0 Å². The highest BCUT2D eigenvalue weighted by molar-refractivity contribution is 6.35. The normalized spacial score (nSPS) is 13.0. The van der Waals surface area contributed by atoms with E-state index in [1.165, 1.54) is 14.0 Å². The molecule has 0 atom stereocenters. The van der Waals surface area contributed by atoms with E-state index in [0.717, 1.165) is 27.7 Å². The van der Waals surface area contributed by atoms with Crippen LogP contribution in [-0.2, 0) is 30.5 Å². The fraction of sp³-hybridized carbons (Fsp3) is 0.231. The van der Waals surface area contributed by atoms with E-state index < -0.39 is 0 Å². The topological polar surface area (TPSA) is 133 Å². The quantitative estimate of drug-likeness (QED) is 0.274. The number of ether oxygens (including phenoxy) is 1. The standard InChI is InChI=1S/C24H23N3O4.C2H5NO/c1-31-23(29)11-6-12-25-22(28)15-27-14-16(17-7-3-5-10-21(17)27)13-19-18-8-2-4-9-20(18)26-24(19)30;1-2(3)4/h2-5,7-10,13-14H,6,11-12,15H2,1H3,(H,25,28)(H,26,30);1H3,(H2,3,4)/b19-13-;. The van der Waals surface area contributed by atoms with Crippen molar-refractivity contribution in [1.29, 1.82) is 0 Å². The van der Waals surface area contributed by atoms with E-state index in [1.807, 2.05) is 65.4 Å². The third-order valence-corrected chi connectivity index (χ3v) is 5.25. The minimum atomic E-state index is -0.333. The van der Waals surface area contributed by atoms with Gasteiger partial charge in [-0.1, -0.05) is 36.4 Å². The van der Waals surface area contributed by atoms with E-state index in [4.69, 9.17) is 0 Å². The minimum Gasteiger partial charge on any atom is -0.469 e. The second kappa shape index (κ2) is 11.6. The highest BCUT2D eigenvalue weighted by atomic mass is 16.5. The van der Waals surface area contributed by atoms with E-state index in [1.54, 1.807) is 0 Å². The van der Waals surface area contributed by atoms with Crippen LogP contribution in [0.25, 0.3) is 22.6 Å². The fourth-order valence-electron chi connectivity index (χ4n) is 3.73. The van der Waals surface area contributed by atoms with Crippen molar-refractivity contribution in [1.82, 2.24) is 9.88 Å². The van der Waals surface area contributed by atoms with Crippen LogP contribution in [0.15, 0.2) is 54.7 Å². The molecule has 1 aliphatic heterocycles. The SMILES string of the molecule is CC(N)=O.COC(=O)CCCNC(=O)Cn1cc(/C=C2\C(=O)Nc3ccccc32)c2ccccc21. The first-order valence-corrected chi connectivity index (χ1v) is 11.1. The van der Waals surface area contributed by atoms with Gasteiger partial charge in [-0.05, 0) is 24.6 Å². The van der Waals surface area contributed by atoms with Crippen LogP contribution in [0.1, 0.15) is 30.9 Å². The summed E-state index contributed by atoms with van der Waals surface area (Å²) >= 11 is 0. The summed E-state index contributed by atoms with van der Waals surface area (Å²) in [6, 6.07) is 15.4. The van der Waals surface area contributed by atoms with E-state index in [0.29, 0.717) is 18.5 Å². The molecule has 3 amide bonds. The zero-order valence-corrected chi connectivity index (χ0v) is 19.7. The molecule has 0 radical (unpaired) electrons. The Morgan fingerprint density at radius 2 is 1.80 bits per heavy atom. The summed E-state index contributed by atoms with van der Waals surface area (Å²) in [6.45, 7) is 1.85. The number of rotatable bonds is 7. The number of primary amides is 1. The molecule has 2 heterocycles. The van der Waals surface area contributed by atoms with Gasteiger partial charge in [0, 0.05) is 59.4 Å². The molecule has 1 aromatic heterocycles. The molecule has 3 aromatic rings. The third-order valence-electron chi connectivity index (χ3n) is 5.25. The molecule has 0 bridgehead atoms. The molecule has 1 aliphatic rings. The van der Waals surface area contributed by atoms with Crippen LogP contribution in [0.5, 0.6) is 0 Å². The molecular weight excluding hydrogens is 448 g/mol. The number of hydrogen-bond donors (Lipinski definition) is 3. The van der Waals surface area contributed by atoms with E-state index in [-0.39, 0.29) is 36.7 Å². The van der Waals surface area contributed by atoms with E-state index in [2.05, 4.69) is 21.1 Å². The fourth-order valence-corrected chi connectivity index (χ4v) is 3.73. The van der Waals surface area contributed by atoms with Gasteiger partial charge < -0.3 is 25.7 Å². The molecule has 0 aliphatic carbocycles. The molecule has 35 heavy (non-hydrogen) atoms. The molecule has 0 saturated heterocycles. The van der Waals surface area contributed by atoms with Gasteiger partial charge in [0.05, 0.1) is 7.11 Å². The summed E-state index contributed by atoms with van der Waals surface area (Å²) in [6.07, 6.45) is 4.55. The van der Waals surface area contributed by atoms with Crippen LogP contribution in [-0.4, -0.2) is 41.9 Å². The predicted octanol–water partition coefficient (Wildman–Crippen LogP) is 2.70. The Balaban J connectivity index is 0.000000795. The molecular formula is C26H28N4O5. The zero-order chi connectivity index (χ0) is 25.4. The number of methoxy groups -OCH3 is 1. The maximum absolute atomic E-state index is 12.5. The number of benzene rings is 2. The predicted molar refractivity (Wildman–Crippen MR) is 134 cm³/mol. The van der Waals surface area contributed by atoms with Gasteiger partial charge >= 0.3 is 5.97 Å². The number of nitrogens with zero attached hydrogens (tertiary/aromatic N) is 1. The lowest BCUT2D eigenvalue weighted by Gasteiger charge is -2.07. The number of amides is 3. The molecule has 2 aromatic carbocycles. The molecule has 4 rings (SSSR count). The lowest BCUT2D eigenvalue weighted by atomic mass is 10.0. The van der Waals surface area contributed by atoms with Crippen molar-refractivity contribution in [2.45, 2.75) is 26.3 Å². The molecule has 9 heteroatoms. The van der Waals surface area contributed by atoms with Crippen LogP contribution < -0.4 is 16.4 Å². The summed E-state index contributed by atoms with van der Waals surface area (Å²) in [5, 5.41) is 6.68. The number of carbonyl (C=O) groups is 4. The Bertz CT molecular complexity index is 1290. The van der Waals surface area contributed by atoms with E-state index >= 15 is 0 Å². The van der Waals surface area contributed by atoms with Gasteiger partial charge in [-0.25, -0.2) is 0 Å². The van der Waals surface area contributed by atoms with Crippen LogP contribution in [0, 0.1) is 0 Å². The molecule has 0 saturated carbocycles. The van der Waals surface area contributed by atoms with Crippen molar-refractivity contribution in [3.8, 4) is 0 Å². The Labute approximate surface area is 202 Å².